The minimum atomic E-state index is -0.741. The maximum Gasteiger partial charge on any atom is 0.337 e. The molecule has 0 radical (unpaired) electrons. The number of imide groups is 1. The van der Waals surface area contributed by atoms with Gasteiger partial charge in [0.1, 0.15) is 11.5 Å². The predicted molar refractivity (Wildman–Crippen MR) is 133 cm³/mol. The molecule has 3 heterocycles. The molecule has 0 aliphatic carbocycles. The number of hydrogen-bond donors (Lipinski definition) is 1. The van der Waals surface area contributed by atoms with Crippen LogP contribution in [0.15, 0.2) is 94.9 Å². The van der Waals surface area contributed by atoms with Gasteiger partial charge in [0.2, 0.25) is 6.23 Å². The Bertz CT molecular complexity index is 1440. The first-order valence-electron chi connectivity index (χ1n) is 11.3. The van der Waals surface area contributed by atoms with E-state index in [4.69, 9.17) is 14.6 Å². The van der Waals surface area contributed by atoms with Crippen LogP contribution in [0.2, 0.25) is 0 Å². The van der Waals surface area contributed by atoms with Crippen LogP contribution >= 0.6 is 11.8 Å². The highest BCUT2D eigenvalue weighted by atomic mass is 32.2. The Morgan fingerprint density at radius 2 is 1.78 bits per heavy atom. The molecular weight excluding hydrogens is 478 g/mol. The predicted octanol–water partition coefficient (Wildman–Crippen LogP) is 4.70. The fourth-order valence-corrected chi connectivity index (χ4v) is 5.08. The topological polar surface area (TPSA) is 97.3 Å². The molecular formula is C27H19N3O5S. The molecule has 1 fully saturated rings. The van der Waals surface area contributed by atoms with Crippen molar-refractivity contribution >= 4 is 34.6 Å². The molecule has 1 saturated heterocycles. The van der Waals surface area contributed by atoms with E-state index >= 15 is 0 Å². The van der Waals surface area contributed by atoms with E-state index in [1.807, 2.05) is 53.5 Å². The first-order valence-corrected chi connectivity index (χ1v) is 12.1. The van der Waals surface area contributed by atoms with Crippen LogP contribution in [0.25, 0.3) is 0 Å². The number of nitrogens with one attached hydrogen (secondary N) is 1. The molecule has 0 aromatic heterocycles. The quantitative estimate of drug-likeness (QED) is 0.317. The molecule has 2 amide bonds. The number of ether oxygens (including phenoxy) is 2. The van der Waals surface area contributed by atoms with Gasteiger partial charge in [0.25, 0.3) is 11.1 Å². The number of carbonyl (C=O) groups excluding carboxylic acids is 3. The van der Waals surface area contributed by atoms with Gasteiger partial charge in [-0.05, 0) is 47.7 Å². The van der Waals surface area contributed by atoms with E-state index in [9.17, 15) is 14.4 Å². The molecule has 3 aromatic carbocycles. The highest BCUT2D eigenvalue weighted by Gasteiger charge is 2.40. The van der Waals surface area contributed by atoms with Crippen LogP contribution in [0.5, 0.6) is 11.5 Å². The highest BCUT2D eigenvalue weighted by molar-refractivity contribution is 8.18. The summed E-state index contributed by atoms with van der Waals surface area (Å²) in [7, 11) is 0. The lowest BCUT2D eigenvalue weighted by Gasteiger charge is -2.38. The summed E-state index contributed by atoms with van der Waals surface area (Å²) in [5, 5.41) is 8.51. The number of para-hydroxylation sites is 1. The number of esters is 1. The molecule has 2 atom stereocenters. The Morgan fingerprint density at radius 1 is 1.03 bits per heavy atom. The lowest BCUT2D eigenvalue weighted by atomic mass is 9.96. The first-order chi connectivity index (χ1) is 17.5. The molecule has 36 heavy (non-hydrogen) atoms. The lowest BCUT2D eigenvalue weighted by molar-refractivity contribution is -0.129. The second-order valence-electron chi connectivity index (χ2n) is 8.36. The lowest BCUT2D eigenvalue weighted by Crippen LogP contribution is -2.33. The summed E-state index contributed by atoms with van der Waals surface area (Å²) in [6.07, 6.45) is 1.32. The van der Waals surface area contributed by atoms with Crippen molar-refractivity contribution in [3.63, 3.8) is 0 Å². The van der Waals surface area contributed by atoms with Crippen LogP contribution in [0.3, 0.4) is 0 Å². The van der Waals surface area contributed by atoms with Crippen molar-refractivity contribution in [1.29, 1.82) is 0 Å². The number of benzene rings is 3. The molecule has 1 N–H and O–H groups in total. The molecule has 3 aliphatic rings. The van der Waals surface area contributed by atoms with Crippen molar-refractivity contribution in [2.24, 2.45) is 5.10 Å². The van der Waals surface area contributed by atoms with Crippen molar-refractivity contribution in [2.45, 2.75) is 18.7 Å². The molecule has 0 saturated carbocycles. The molecule has 8 nitrogen and oxygen atoms in total. The number of fused-ring (bicyclic) bond motifs is 3. The third-order valence-electron chi connectivity index (χ3n) is 6.08. The summed E-state index contributed by atoms with van der Waals surface area (Å²) >= 11 is 0.662. The number of hydrogen-bond acceptors (Lipinski definition) is 8. The molecule has 0 bridgehead atoms. The Morgan fingerprint density at radius 3 is 2.53 bits per heavy atom. The highest BCUT2D eigenvalue weighted by Crippen LogP contribution is 2.47. The Kier molecular flexibility index (Phi) is 5.54. The summed E-state index contributed by atoms with van der Waals surface area (Å²) in [5.41, 5.74) is 4.02. The van der Waals surface area contributed by atoms with Gasteiger partial charge in [-0.1, -0.05) is 48.5 Å². The summed E-state index contributed by atoms with van der Waals surface area (Å²) in [6, 6.07) is 25.1. The first kappa shape index (κ1) is 22.1. The average Bonchev–Trinajstić information content (AvgIpc) is 3.47. The van der Waals surface area contributed by atoms with Crippen molar-refractivity contribution in [3.8, 4) is 11.5 Å². The fraction of sp³-hybridized carbons (Fsp3) is 0.111. The summed E-state index contributed by atoms with van der Waals surface area (Å²) in [5.74, 6) is -0.229. The second-order valence-corrected chi connectivity index (χ2v) is 9.38. The minimum Gasteiger partial charge on any atom is -0.464 e. The van der Waals surface area contributed by atoms with E-state index in [0.29, 0.717) is 17.5 Å². The maximum absolute atomic E-state index is 12.2. The largest absolute Gasteiger partial charge is 0.464 e. The van der Waals surface area contributed by atoms with E-state index in [-0.39, 0.29) is 10.9 Å². The van der Waals surface area contributed by atoms with Crippen LogP contribution in [0.1, 0.15) is 35.4 Å². The molecule has 6 rings (SSSR count). The SMILES string of the molecule is O=C(/C=C1\SC(=O)NC1=O)Oc1ccc([C@@H]2Oc3ccccc3[C@@H]3CC(c4ccccc4)=NN32)cc1. The van der Waals surface area contributed by atoms with Gasteiger partial charge in [-0.25, -0.2) is 9.80 Å². The van der Waals surface area contributed by atoms with Gasteiger partial charge in [0.05, 0.1) is 16.7 Å². The van der Waals surface area contributed by atoms with E-state index in [1.165, 1.54) is 0 Å². The van der Waals surface area contributed by atoms with E-state index < -0.39 is 23.3 Å². The number of hydrazone groups is 1. The van der Waals surface area contributed by atoms with Crippen LogP contribution in [0, 0.1) is 0 Å². The minimum absolute atomic E-state index is 0.00282. The van der Waals surface area contributed by atoms with Gasteiger partial charge >= 0.3 is 5.97 Å². The van der Waals surface area contributed by atoms with Crippen LogP contribution in [0.4, 0.5) is 4.79 Å². The molecule has 3 aliphatic heterocycles. The zero-order chi connectivity index (χ0) is 24.6. The van der Waals surface area contributed by atoms with Crippen LogP contribution in [-0.4, -0.2) is 27.8 Å². The normalized spacial score (nSPS) is 21.4. The summed E-state index contributed by atoms with van der Waals surface area (Å²) in [4.78, 5) is 35.1. The van der Waals surface area contributed by atoms with Crippen molar-refractivity contribution in [2.75, 3.05) is 0 Å². The fourth-order valence-electron chi connectivity index (χ4n) is 4.43. The second kappa shape index (κ2) is 9.01. The van der Waals surface area contributed by atoms with Gasteiger partial charge in [-0.3, -0.25) is 14.9 Å². The molecule has 0 unspecified atom stereocenters. The molecule has 9 heteroatoms. The van der Waals surface area contributed by atoms with Gasteiger partial charge in [0, 0.05) is 23.6 Å². The van der Waals surface area contributed by atoms with Gasteiger partial charge in [-0.15, -0.1) is 0 Å². The van der Waals surface area contributed by atoms with Crippen LogP contribution < -0.4 is 14.8 Å². The third-order valence-corrected chi connectivity index (χ3v) is 6.89. The molecule has 0 spiro atoms. The number of nitrogens with zero attached hydrogens (tertiary/aromatic N) is 2. The maximum atomic E-state index is 12.2. The number of carbonyl (C=O) groups is 3. The number of rotatable bonds is 4. The zero-order valence-electron chi connectivity index (χ0n) is 18.8. The van der Waals surface area contributed by atoms with Crippen molar-refractivity contribution in [1.82, 2.24) is 10.3 Å². The van der Waals surface area contributed by atoms with Crippen molar-refractivity contribution in [3.05, 3.63) is 107 Å². The average molecular weight is 498 g/mol. The number of thioether (sulfide) groups is 1. The summed E-state index contributed by atoms with van der Waals surface area (Å²) < 4.78 is 11.7. The van der Waals surface area contributed by atoms with Gasteiger partial charge in [0.15, 0.2) is 0 Å². The Balaban J connectivity index is 1.25. The van der Waals surface area contributed by atoms with E-state index in [0.717, 1.165) is 40.6 Å². The van der Waals surface area contributed by atoms with Crippen LogP contribution in [-0.2, 0) is 9.59 Å². The van der Waals surface area contributed by atoms with Crippen molar-refractivity contribution < 1.29 is 23.9 Å². The summed E-state index contributed by atoms with van der Waals surface area (Å²) in [6.45, 7) is 0. The van der Waals surface area contributed by atoms with E-state index in [1.54, 1.807) is 12.1 Å². The van der Waals surface area contributed by atoms with Gasteiger partial charge in [-0.2, -0.15) is 5.10 Å². The zero-order valence-corrected chi connectivity index (χ0v) is 19.6. The monoisotopic (exact) mass is 497 g/mol. The Hall–Kier alpha value is -4.37. The Labute approximate surface area is 210 Å². The third kappa shape index (κ3) is 4.14. The van der Waals surface area contributed by atoms with Gasteiger partial charge < -0.3 is 9.47 Å². The number of amides is 2. The molecule has 178 valence electrons. The standard InChI is InChI=1S/C27H19N3O5S/c31-24(15-23-25(32)28-27(33)36-23)34-18-12-10-17(11-13-18)26-30-21(19-8-4-5-9-22(19)35-26)14-20(29-30)16-6-2-1-3-7-16/h1-13,15,21,26H,14H2,(H,28,32,33)/b23-15-/t21-,26-/m0/s1. The van der Waals surface area contributed by atoms with E-state index in [2.05, 4.69) is 23.5 Å². The molecule has 3 aromatic rings. The smallest absolute Gasteiger partial charge is 0.337 e.